The number of carbonyl (C=O) groups excluding carboxylic acids is 3. The molecule has 1 rings (SSSR count). The van der Waals surface area contributed by atoms with Gasteiger partial charge in [0.15, 0.2) is 0 Å². The number of rotatable bonds is 9. The average Bonchev–Trinajstić information content (AvgIpc) is 2.54. The first kappa shape index (κ1) is 18.7. The smallest absolute Gasteiger partial charge is 0.307 e. The predicted molar refractivity (Wildman–Crippen MR) is 86.9 cm³/mol. The van der Waals surface area contributed by atoms with Gasteiger partial charge in [0.25, 0.3) is 5.91 Å². The summed E-state index contributed by atoms with van der Waals surface area (Å²) in [5, 5.41) is 2.70. The van der Waals surface area contributed by atoms with Crippen molar-refractivity contribution in [1.82, 2.24) is 10.2 Å². The summed E-state index contributed by atoms with van der Waals surface area (Å²) < 4.78 is 4.90. The van der Waals surface area contributed by atoms with Crippen LogP contribution < -0.4 is 5.32 Å². The second-order valence-electron chi connectivity index (χ2n) is 5.05. The molecule has 0 aliphatic carbocycles. The maximum atomic E-state index is 12.5. The monoisotopic (exact) mass is 320 g/mol. The van der Waals surface area contributed by atoms with Crippen LogP contribution in [0, 0.1) is 0 Å². The Kier molecular flexibility index (Phi) is 8.42. The fourth-order valence-electron chi connectivity index (χ4n) is 2.07. The van der Waals surface area contributed by atoms with Crippen LogP contribution in [-0.4, -0.2) is 48.9 Å². The summed E-state index contributed by atoms with van der Waals surface area (Å²) in [4.78, 5) is 36.5. The lowest BCUT2D eigenvalue weighted by Crippen LogP contribution is -2.35. The van der Waals surface area contributed by atoms with Crippen molar-refractivity contribution in [1.29, 1.82) is 0 Å². The predicted octanol–water partition coefficient (Wildman–Crippen LogP) is 1.61. The minimum absolute atomic E-state index is 0.0996. The Morgan fingerprint density at radius 1 is 1.13 bits per heavy atom. The lowest BCUT2D eigenvalue weighted by Gasteiger charge is -2.22. The van der Waals surface area contributed by atoms with E-state index in [1.165, 1.54) is 6.92 Å². The van der Waals surface area contributed by atoms with E-state index in [0.29, 0.717) is 38.2 Å². The molecule has 0 heterocycles. The van der Waals surface area contributed by atoms with Crippen molar-refractivity contribution < 1.29 is 19.1 Å². The zero-order valence-corrected chi connectivity index (χ0v) is 13.7. The molecule has 0 saturated heterocycles. The number of hydrogen-bond donors (Lipinski definition) is 1. The molecular formula is C17H24N2O4. The molecule has 1 aromatic rings. The van der Waals surface area contributed by atoms with Gasteiger partial charge in [0.05, 0.1) is 13.0 Å². The zero-order chi connectivity index (χ0) is 17.1. The Morgan fingerprint density at radius 3 is 2.43 bits per heavy atom. The highest BCUT2D eigenvalue weighted by Crippen LogP contribution is 2.06. The molecule has 0 spiro atoms. The molecule has 6 nitrogen and oxygen atoms in total. The maximum absolute atomic E-state index is 12.5. The third-order valence-corrected chi connectivity index (χ3v) is 3.18. The van der Waals surface area contributed by atoms with Gasteiger partial charge in [-0.25, -0.2) is 0 Å². The number of hydrogen-bond acceptors (Lipinski definition) is 4. The van der Waals surface area contributed by atoms with Gasteiger partial charge in [0.1, 0.15) is 0 Å². The number of nitrogens with one attached hydrogen (secondary N) is 1. The van der Waals surface area contributed by atoms with Crippen molar-refractivity contribution in [2.75, 3.05) is 26.2 Å². The van der Waals surface area contributed by atoms with Crippen molar-refractivity contribution in [2.24, 2.45) is 0 Å². The van der Waals surface area contributed by atoms with Crippen LogP contribution >= 0.6 is 0 Å². The van der Waals surface area contributed by atoms with E-state index < -0.39 is 0 Å². The number of benzene rings is 1. The third-order valence-electron chi connectivity index (χ3n) is 3.18. The van der Waals surface area contributed by atoms with Gasteiger partial charge in [0.2, 0.25) is 5.91 Å². The van der Waals surface area contributed by atoms with Crippen molar-refractivity contribution in [2.45, 2.75) is 26.7 Å². The van der Waals surface area contributed by atoms with Crippen LogP contribution in [0.25, 0.3) is 0 Å². The lowest BCUT2D eigenvalue weighted by atomic mass is 10.2. The molecule has 0 unspecified atom stereocenters. The number of ether oxygens (including phenoxy) is 1. The molecule has 0 radical (unpaired) electrons. The quantitative estimate of drug-likeness (QED) is 0.554. The highest BCUT2D eigenvalue weighted by atomic mass is 16.5. The van der Waals surface area contributed by atoms with Gasteiger partial charge in [-0.2, -0.15) is 0 Å². The fraction of sp³-hybridized carbons (Fsp3) is 0.471. The van der Waals surface area contributed by atoms with Gasteiger partial charge >= 0.3 is 5.97 Å². The molecule has 1 N–H and O–H groups in total. The van der Waals surface area contributed by atoms with Gasteiger partial charge in [-0.1, -0.05) is 18.2 Å². The highest BCUT2D eigenvalue weighted by Gasteiger charge is 2.16. The van der Waals surface area contributed by atoms with E-state index in [1.807, 2.05) is 6.07 Å². The van der Waals surface area contributed by atoms with Crippen LogP contribution in [-0.2, 0) is 14.3 Å². The number of esters is 1. The zero-order valence-electron chi connectivity index (χ0n) is 13.7. The van der Waals surface area contributed by atoms with E-state index in [9.17, 15) is 14.4 Å². The van der Waals surface area contributed by atoms with Crippen LogP contribution in [0.1, 0.15) is 37.0 Å². The molecule has 0 aliphatic heterocycles. The number of amides is 2. The molecular weight excluding hydrogens is 296 g/mol. The fourth-order valence-corrected chi connectivity index (χ4v) is 2.07. The van der Waals surface area contributed by atoms with Crippen LogP contribution in [0.15, 0.2) is 30.3 Å². The molecule has 1 aromatic carbocycles. The molecule has 6 heteroatoms. The standard InChI is InChI=1S/C17H24N2O4/c1-3-23-16(21)10-13-19(12-7-11-18-14(2)20)17(22)15-8-5-4-6-9-15/h4-6,8-9H,3,7,10-13H2,1-2H3,(H,18,20). The lowest BCUT2D eigenvalue weighted by molar-refractivity contribution is -0.143. The molecule has 0 fully saturated rings. The Morgan fingerprint density at radius 2 is 1.83 bits per heavy atom. The summed E-state index contributed by atoms with van der Waals surface area (Å²) >= 11 is 0. The summed E-state index contributed by atoms with van der Waals surface area (Å²) in [6, 6.07) is 8.93. The molecule has 0 bridgehead atoms. The SMILES string of the molecule is CCOC(=O)CCN(CCCNC(C)=O)C(=O)c1ccccc1. The molecule has 0 saturated carbocycles. The Balaban J connectivity index is 2.61. The average molecular weight is 320 g/mol. The first-order valence-electron chi connectivity index (χ1n) is 7.79. The largest absolute Gasteiger partial charge is 0.466 e. The van der Waals surface area contributed by atoms with E-state index in [0.717, 1.165) is 0 Å². The molecule has 0 aliphatic rings. The first-order chi connectivity index (χ1) is 11.0. The second kappa shape index (κ2) is 10.4. The van der Waals surface area contributed by atoms with E-state index in [1.54, 1.807) is 36.1 Å². The minimum atomic E-state index is -0.319. The van der Waals surface area contributed by atoms with Crippen molar-refractivity contribution >= 4 is 17.8 Å². The van der Waals surface area contributed by atoms with E-state index in [-0.39, 0.29) is 24.2 Å². The topological polar surface area (TPSA) is 75.7 Å². The molecule has 2 amide bonds. The minimum Gasteiger partial charge on any atom is -0.466 e. The summed E-state index contributed by atoms with van der Waals surface area (Å²) in [6.45, 7) is 4.78. The van der Waals surface area contributed by atoms with Gasteiger partial charge in [-0.05, 0) is 25.5 Å². The van der Waals surface area contributed by atoms with Crippen LogP contribution in [0.3, 0.4) is 0 Å². The first-order valence-corrected chi connectivity index (χ1v) is 7.79. The number of carbonyl (C=O) groups is 3. The Hall–Kier alpha value is -2.37. The molecule has 23 heavy (non-hydrogen) atoms. The third kappa shape index (κ3) is 7.44. The van der Waals surface area contributed by atoms with Crippen molar-refractivity contribution in [3.05, 3.63) is 35.9 Å². The van der Waals surface area contributed by atoms with E-state index in [4.69, 9.17) is 4.74 Å². The summed E-state index contributed by atoms with van der Waals surface area (Å²) in [6.07, 6.45) is 0.785. The summed E-state index contributed by atoms with van der Waals surface area (Å²) in [7, 11) is 0. The van der Waals surface area contributed by atoms with E-state index >= 15 is 0 Å². The number of nitrogens with zero attached hydrogens (tertiary/aromatic N) is 1. The van der Waals surface area contributed by atoms with Gasteiger partial charge in [-0.3, -0.25) is 14.4 Å². The Bertz CT molecular complexity index is 517. The van der Waals surface area contributed by atoms with Gasteiger partial charge in [-0.15, -0.1) is 0 Å². The highest BCUT2D eigenvalue weighted by molar-refractivity contribution is 5.94. The van der Waals surface area contributed by atoms with Crippen LogP contribution in [0.4, 0.5) is 0 Å². The molecule has 0 atom stereocenters. The summed E-state index contributed by atoms with van der Waals surface area (Å²) in [5.74, 6) is -0.546. The van der Waals surface area contributed by atoms with Crippen LogP contribution in [0.5, 0.6) is 0 Å². The van der Waals surface area contributed by atoms with Gasteiger partial charge < -0.3 is 15.0 Å². The van der Waals surface area contributed by atoms with Crippen molar-refractivity contribution in [3.63, 3.8) is 0 Å². The van der Waals surface area contributed by atoms with Crippen molar-refractivity contribution in [3.8, 4) is 0 Å². The molecule has 0 aromatic heterocycles. The normalized spacial score (nSPS) is 10.0. The molecule has 126 valence electrons. The van der Waals surface area contributed by atoms with E-state index in [2.05, 4.69) is 5.32 Å². The maximum Gasteiger partial charge on any atom is 0.307 e. The Labute approximate surface area is 136 Å². The van der Waals surface area contributed by atoms with Gasteiger partial charge in [0, 0.05) is 32.1 Å². The summed E-state index contributed by atoms with van der Waals surface area (Å²) in [5.41, 5.74) is 0.580. The second-order valence-corrected chi connectivity index (χ2v) is 5.05. The van der Waals surface area contributed by atoms with Crippen LogP contribution in [0.2, 0.25) is 0 Å².